The molecule has 2 nitrogen and oxygen atoms in total. The fraction of sp³-hybridized carbons (Fsp3) is 0. The number of aromatic hydroxyl groups is 1. The first-order valence-corrected chi connectivity index (χ1v) is 5.21. The minimum Gasteiger partial charge on any atom is -0.506 e. The highest BCUT2D eigenvalue weighted by atomic mass is 35.5. The molecule has 0 fully saturated rings. The van der Waals surface area contributed by atoms with Gasteiger partial charge in [0.25, 0.3) is 0 Å². The van der Waals surface area contributed by atoms with Gasteiger partial charge in [0.15, 0.2) is 0 Å². The van der Waals surface area contributed by atoms with Crippen molar-refractivity contribution >= 4 is 23.5 Å². The summed E-state index contributed by atoms with van der Waals surface area (Å²) >= 11 is 5.81. The second-order valence-electron chi connectivity index (χ2n) is 3.30. The topological polar surface area (TPSA) is 32.6 Å². The lowest BCUT2D eigenvalue weighted by Gasteiger charge is -1.98. The normalized spacial score (nSPS) is 10.8. The van der Waals surface area contributed by atoms with E-state index in [1.54, 1.807) is 18.3 Å². The Morgan fingerprint density at radius 2 is 1.81 bits per heavy atom. The number of hydrogen-bond acceptors (Lipinski definition) is 2. The molecule has 0 aliphatic carbocycles. The van der Waals surface area contributed by atoms with Gasteiger partial charge in [-0.05, 0) is 23.8 Å². The molecule has 0 unspecified atom stereocenters. The molecule has 16 heavy (non-hydrogen) atoms. The van der Waals surface area contributed by atoms with Crippen LogP contribution in [0.1, 0.15) is 5.56 Å². The predicted octanol–water partition coefficient (Wildman–Crippen LogP) is 3.80. The summed E-state index contributed by atoms with van der Waals surface area (Å²) < 4.78 is 0. The molecule has 1 N–H and O–H groups in total. The molecule has 2 aromatic carbocycles. The van der Waals surface area contributed by atoms with Gasteiger partial charge in [0, 0.05) is 11.2 Å². The van der Waals surface area contributed by atoms with Gasteiger partial charge < -0.3 is 5.11 Å². The highest BCUT2D eigenvalue weighted by Crippen LogP contribution is 2.28. The third kappa shape index (κ3) is 2.61. The van der Waals surface area contributed by atoms with E-state index in [2.05, 4.69) is 4.99 Å². The van der Waals surface area contributed by atoms with Crippen LogP contribution in [0.15, 0.2) is 53.5 Å². The number of halogens is 1. The molecule has 3 heteroatoms. The number of rotatable bonds is 2. The van der Waals surface area contributed by atoms with Crippen LogP contribution in [0.5, 0.6) is 5.75 Å². The molecule has 0 aromatic heterocycles. The van der Waals surface area contributed by atoms with Crippen molar-refractivity contribution in [1.29, 1.82) is 0 Å². The van der Waals surface area contributed by atoms with Gasteiger partial charge in [-0.2, -0.15) is 0 Å². The van der Waals surface area contributed by atoms with Crippen molar-refractivity contribution in [2.75, 3.05) is 0 Å². The van der Waals surface area contributed by atoms with Crippen molar-refractivity contribution in [3.05, 3.63) is 59.1 Å². The number of phenols is 1. The van der Waals surface area contributed by atoms with Crippen LogP contribution in [0.2, 0.25) is 5.02 Å². The fourth-order valence-corrected chi connectivity index (χ4v) is 1.45. The van der Waals surface area contributed by atoms with E-state index in [0.717, 1.165) is 5.56 Å². The van der Waals surface area contributed by atoms with Crippen LogP contribution in [-0.4, -0.2) is 11.3 Å². The van der Waals surface area contributed by atoms with Crippen LogP contribution in [-0.2, 0) is 0 Å². The van der Waals surface area contributed by atoms with Gasteiger partial charge in [-0.1, -0.05) is 41.9 Å². The summed E-state index contributed by atoms with van der Waals surface area (Å²) in [6.07, 6.45) is 1.69. The first kappa shape index (κ1) is 10.7. The Bertz CT molecular complexity index is 509. The zero-order chi connectivity index (χ0) is 11.4. The molecule has 0 aliphatic heterocycles. The fourth-order valence-electron chi connectivity index (χ4n) is 1.28. The molecule has 0 atom stereocenters. The SMILES string of the molecule is Oc1ccc(Cl)cc1N=Cc1ccccc1. The van der Waals surface area contributed by atoms with Gasteiger partial charge in [-0.25, -0.2) is 0 Å². The Morgan fingerprint density at radius 1 is 1.06 bits per heavy atom. The van der Waals surface area contributed by atoms with E-state index in [1.807, 2.05) is 30.3 Å². The number of phenolic OH excluding ortho intramolecular Hbond substituents is 1. The van der Waals surface area contributed by atoms with Crippen molar-refractivity contribution in [2.45, 2.75) is 0 Å². The Morgan fingerprint density at radius 3 is 2.56 bits per heavy atom. The van der Waals surface area contributed by atoms with Crippen molar-refractivity contribution in [1.82, 2.24) is 0 Å². The Hall–Kier alpha value is -1.80. The minimum absolute atomic E-state index is 0.122. The minimum atomic E-state index is 0.122. The third-order valence-corrected chi connectivity index (χ3v) is 2.32. The molecule has 0 amide bonds. The van der Waals surface area contributed by atoms with E-state index in [-0.39, 0.29) is 5.75 Å². The van der Waals surface area contributed by atoms with E-state index in [1.165, 1.54) is 6.07 Å². The molecule has 0 saturated carbocycles. The zero-order valence-electron chi connectivity index (χ0n) is 8.47. The summed E-state index contributed by atoms with van der Waals surface area (Å²) in [5.74, 6) is 0.122. The molecular formula is C13H10ClNO. The number of nitrogens with zero attached hydrogens (tertiary/aromatic N) is 1. The van der Waals surface area contributed by atoms with Crippen LogP contribution in [0.4, 0.5) is 5.69 Å². The van der Waals surface area contributed by atoms with E-state index in [0.29, 0.717) is 10.7 Å². The summed E-state index contributed by atoms with van der Waals surface area (Å²) in [4.78, 5) is 4.18. The van der Waals surface area contributed by atoms with Crippen LogP contribution in [0.3, 0.4) is 0 Å². The molecule has 2 aromatic rings. The lowest BCUT2D eigenvalue weighted by Crippen LogP contribution is -1.78. The maximum atomic E-state index is 9.54. The van der Waals surface area contributed by atoms with Crippen molar-refractivity contribution in [2.24, 2.45) is 4.99 Å². The molecule has 0 heterocycles. The standard InChI is InChI=1S/C13H10ClNO/c14-11-6-7-13(16)12(8-11)15-9-10-4-2-1-3-5-10/h1-9,16H. The predicted molar refractivity (Wildman–Crippen MR) is 66.8 cm³/mol. The molecule has 0 bridgehead atoms. The third-order valence-electron chi connectivity index (χ3n) is 2.09. The van der Waals surface area contributed by atoms with Crippen molar-refractivity contribution in [3.63, 3.8) is 0 Å². The van der Waals surface area contributed by atoms with Crippen LogP contribution < -0.4 is 0 Å². The Balaban J connectivity index is 2.27. The Kier molecular flexibility index (Phi) is 3.22. The first-order chi connectivity index (χ1) is 7.75. The van der Waals surface area contributed by atoms with Crippen LogP contribution in [0.25, 0.3) is 0 Å². The molecule has 80 valence electrons. The van der Waals surface area contributed by atoms with E-state index >= 15 is 0 Å². The maximum absolute atomic E-state index is 9.54. The maximum Gasteiger partial charge on any atom is 0.141 e. The summed E-state index contributed by atoms with van der Waals surface area (Å²) in [7, 11) is 0. The summed E-state index contributed by atoms with van der Waals surface area (Å²) in [5, 5.41) is 10.1. The van der Waals surface area contributed by atoms with Crippen LogP contribution in [0, 0.1) is 0 Å². The second-order valence-corrected chi connectivity index (χ2v) is 3.74. The zero-order valence-corrected chi connectivity index (χ0v) is 9.22. The molecular weight excluding hydrogens is 222 g/mol. The summed E-state index contributed by atoms with van der Waals surface area (Å²) in [5.41, 5.74) is 1.44. The van der Waals surface area contributed by atoms with Gasteiger partial charge in [-0.3, -0.25) is 4.99 Å². The average molecular weight is 232 g/mol. The van der Waals surface area contributed by atoms with Crippen LogP contribution >= 0.6 is 11.6 Å². The smallest absolute Gasteiger partial charge is 0.141 e. The Labute approximate surface area is 98.8 Å². The van der Waals surface area contributed by atoms with Crippen molar-refractivity contribution < 1.29 is 5.11 Å². The first-order valence-electron chi connectivity index (χ1n) is 4.83. The highest BCUT2D eigenvalue weighted by Gasteiger charge is 1.98. The quantitative estimate of drug-likeness (QED) is 0.784. The number of hydrogen-bond donors (Lipinski definition) is 1. The molecule has 2 rings (SSSR count). The monoisotopic (exact) mass is 231 g/mol. The van der Waals surface area contributed by atoms with Gasteiger partial charge in [0.2, 0.25) is 0 Å². The van der Waals surface area contributed by atoms with Gasteiger partial charge in [0.05, 0.1) is 0 Å². The largest absolute Gasteiger partial charge is 0.506 e. The number of aliphatic imine (C=N–C) groups is 1. The number of benzene rings is 2. The van der Waals surface area contributed by atoms with Gasteiger partial charge in [0.1, 0.15) is 11.4 Å². The van der Waals surface area contributed by atoms with E-state index in [4.69, 9.17) is 11.6 Å². The average Bonchev–Trinajstić information content (AvgIpc) is 2.32. The van der Waals surface area contributed by atoms with Crippen molar-refractivity contribution in [3.8, 4) is 5.75 Å². The molecule has 0 radical (unpaired) electrons. The highest BCUT2D eigenvalue weighted by molar-refractivity contribution is 6.30. The summed E-state index contributed by atoms with van der Waals surface area (Å²) in [6.45, 7) is 0. The molecule has 0 saturated heterocycles. The van der Waals surface area contributed by atoms with E-state index in [9.17, 15) is 5.11 Å². The molecule has 0 spiro atoms. The van der Waals surface area contributed by atoms with Gasteiger partial charge >= 0.3 is 0 Å². The van der Waals surface area contributed by atoms with E-state index < -0.39 is 0 Å². The second kappa shape index (κ2) is 4.81. The molecule has 0 aliphatic rings. The summed E-state index contributed by atoms with van der Waals surface area (Å²) in [6, 6.07) is 14.4. The lowest BCUT2D eigenvalue weighted by atomic mass is 10.2. The lowest BCUT2D eigenvalue weighted by molar-refractivity contribution is 0.477. The van der Waals surface area contributed by atoms with Gasteiger partial charge in [-0.15, -0.1) is 0 Å².